The maximum Gasteiger partial charge on any atom is 0.254 e. The summed E-state index contributed by atoms with van der Waals surface area (Å²) in [7, 11) is 1.65. The van der Waals surface area contributed by atoms with Crippen LogP contribution in [0.1, 0.15) is 29.6 Å². The van der Waals surface area contributed by atoms with Gasteiger partial charge in [0, 0.05) is 50.2 Å². The average molecular weight is 490 g/mol. The van der Waals surface area contributed by atoms with Crippen molar-refractivity contribution in [3.8, 4) is 22.8 Å². The van der Waals surface area contributed by atoms with Crippen molar-refractivity contribution in [3.05, 3.63) is 54.1 Å². The number of ether oxygens (including phenoxy) is 3. The van der Waals surface area contributed by atoms with Gasteiger partial charge in [-0.05, 0) is 49.6 Å². The summed E-state index contributed by atoms with van der Waals surface area (Å²) in [6.45, 7) is 3.37. The lowest BCUT2D eigenvalue weighted by atomic mass is 9.94. The Morgan fingerprint density at radius 1 is 1.06 bits per heavy atom. The van der Waals surface area contributed by atoms with E-state index < -0.39 is 0 Å². The second-order valence-electron chi connectivity index (χ2n) is 9.13. The second kappa shape index (κ2) is 11.0. The number of likely N-dealkylation sites (tertiary alicyclic amines) is 1. The molecule has 2 aliphatic heterocycles. The summed E-state index contributed by atoms with van der Waals surface area (Å²) in [5.74, 6) is 1.36. The zero-order chi connectivity index (χ0) is 24.9. The molecule has 0 atom stereocenters. The summed E-state index contributed by atoms with van der Waals surface area (Å²) < 4.78 is 16.4. The number of carbonyl (C=O) groups excluding carboxylic acids is 2. The quantitative estimate of drug-likeness (QED) is 0.510. The number of amides is 2. The molecule has 2 amide bonds. The van der Waals surface area contributed by atoms with Crippen molar-refractivity contribution in [2.75, 3.05) is 46.6 Å². The number of pyridine rings is 1. The summed E-state index contributed by atoms with van der Waals surface area (Å²) >= 11 is 0. The summed E-state index contributed by atoms with van der Waals surface area (Å²) in [4.78, 5) is 32.9. The molecular weight excluding hydrogens is 458 g/mol. The number of methoxy groups -OCH3 is 1. The van der Waals surface area contributed by atoms with Crippen molar-refractivity contribution in [2.24, 2.45) is 5.92 Å². The molecule has 0 unspecified atom stereocenters. The van der Waals surface area contributed by atoms with Gasteiger partial charge in [0.2, 0.25) is 5.91 Å². The molecule has 3 aromatic rings. The first-order valence-corrected chi connectivity index (χ1v) is 12.5. The number of hydrogen-bond donors (Lipinski definition) is 1. The van der Waals surface area contributed by atoms with Gasteiger partial charge < -0.3 is 24.4 Å². The summed E-state index contributed by atoms with van der Waals surface area (Å²) in [6.07, 6.45) is 2.10. The highest BCUT2D eigenvalue weighted by molar-refractivity contribution is 6.07. The van der Waals surface area contributed by atoms with Crippen molar-refractivity contribution in [1.29, 1.82) is 0 Å². The number of fused-ring (bicyclic) bond motifs is 2. The zero-order valence-electron chi connectivity index (χ0n) is 20.5. The van der Waals surface area contributed by atoms with Gasteiger partial charge >= 0.3 is 0 Å². The first-order chi connectivity index (χ1) is 17.6. The van der Waals surface area contributed by atoms with Gasteiger partial charge in [-0.1, -0.05) is 18.2 Å². The van der Waals surface area contributed by atoms with Crippen LogP contribution in [-0.4, -0.2) is 68.3 Å². The Labute approximate surface area is 210 Å². The molecule has 5 rings (SSSR count). The summed E-state index contributed by atoms with van der Waals surface area (Å²) in [5, 5.41) is 3.81. The van der Waals surface area contributed by atoms with E-state index in [4.69, 9.17) is 19.2 Å². The van der Waals surface area contributed by atoms with Crippen LogP contribution in [0.25, 0.3) is 22.2 Å². The smallest absolute Gasteiger partial charge is 0.254 e. The van der Waals surface area contributed by atoms with Gasteiger partial charge in [-0.3, -0.25) is 9.59 Å². The SMILES string of the molecule is COCCCNC(=O)C1CCN(C(=O)c2cc(-c3ccc4c(c3)OCCO4)nc3ccccc23)CC1. The molecule has 1 N–H and O–H groups in total. The van der Waals surface area contributed by atoms with E-state index in [9.17, 15) is 9.59 Å². The predicted molar refractivity (Wildman–Crippen MR) is 136 cm³/mol. The van der Waals surface area contributed by atoms with E-state index in [1.54, 1.807) is 7.11 Å². The normalized spacial score (nSPS) is 15.6. The summed E-state index contributed by atoms with van der Waals surface area (Å²) in [6, 6.07) is 15.3. The lowest BCUT2D eigenvalue weighted by Crippen LogP contribution is -2.43. The molecule has 188 valence electrons. The Kier molecular flexibility index (Phi) is 7.32. The first-order valence-electron chi connectivity index (χ1n) is 12.5. The third-order valence-corrected chi connectivity index (χ3v) is 6.76. The highest BCUT2D eigenvalue weighted by atomic mass is 16.6. The number of nitrogens with zero attached hydrogens (tertiary/aromatic N) is 2. The molecule has 36 heavy (non-hydrogen) atoms. The molecule has 3 heterocycles. The largest absolute Gasteiger partial charge is 0.486 e. The Morgan fingerprint density at radius 3 is 2.64 bits per heavy atom. The van der Waals surface area contributed by atoms with Crippen molar-refractivity contribution in [3.63, 3.8) is 0 Å². The number of hydrogen-bond acceptors (Lipinski definition) is 6. The maximum atomic E-state index is 13.7. The monoisotopic (exact) mass is 489 g/mol. The molecule has 8 nitrogen and oxygen atoms in total. The minimum atomic E-state index is -0.0703. The van der Waals surface area contributed by atoms with Gasteiger partial charge in [0.15, 0.2) is 11.5 Å². The Balaban J connectivity index is 1.34. The van der Waals surface area contributed by atoms with E-state index >= 15 is 0 Å². The van der Waals surface area contributed by atoms with Crippen LogP contribution in [0.2, 0.25) is 0 Å². The molecule has 2 aliphatic rings. The third kappa shape index (κ3) is 5.14. The third-order valence-electron chi connectivity index (χ3n) is 6.76. The van der Waals surface area contributed by atoms with Crippen molar-refractivity contribution < 1.29 is 23.8 Å². The molecule has 0 radical (unpaired) electrons. The summed E-state index contributed by atoms with van der Waals surface area (Å²) in [5.41, 5.74) is 2.95. The van der Waals surface area contributed by atoms with Gasteiger partial charge in [-0.25, -0.2) is 4.98 Å². The van der Waals surface area contributed by atoms with Crippen LogP contribution in [0.5, 0.6) is 11.5 Å². The molecule has 1 aromatic heterocycles. The number of rotatable bonds is 7. The highest BCUT2D eigenvalue weighted by Gasteiger charge is 2.29. The number of para-hydroxylation sites is 1. The van der Waals surface area contributed by atoms with Gasteiger partial charge in [0.05, 0.1) is 16.8 Å². The molecular formula is C28H31N3O5. The van der Waals surface area contributed by atoms with E-state index in [1.807, 2.05) is 53.4 Å². The van der Waals surface area contributed by atoms with Gasteiger partial charge in [0.25, 0.3) is 5.91 Å². The van der Waals surface area contributed by atoms with Crippen molar-refractivity contribution >= 4 is 22.7 Å². The van der Waals surface area contributed by atoms with Gasteiger partial charge in [-0.15, -0.1) is 0 Å². The fraction of sp³-hybridized carbons (Fsp3) is 0.393. The topological polar surface area (TPSA) is 90.0 Å². The molecule has 1 fully saturated rings. The molecule has 0 bridgehead atoms. The van der Waals surface area contributed by atoms with Crippen LogP contribution in [0.3, 0.4) is 0 Å². The lowest BCUT2D eigenvalue weighted by Gasteiger charge is -2.31. The Hall–Kier alpha value is -3.65. The van der Waals surface area contributed by atoms with Crippen LogP contribution in [0.4, 0.5) is 0 Å². The second-order valence-corrected chi connectivity index (χ2v) is 9.13. The average Bonchev–Trinajstić information content (AvgIpc) is 2.94. The minimum absolute atomic E-state index is 0.0358. The fourth-order valence-corrected chi connectivity index (χ4v) is 4.79. The predicted octanol–water partition coefficient (Wildman–Crippen LogP) is 3.68. The van der Waals surface area contributed by atoms with Crippen LogP contribution >= 0.6 is 0 Å². The van der Waals surface area contributed by atoms with Crippen LogP contribution in [-0.2, 0) is 9.53 Å². The number of benzene rings is 2. The van der Waals surface area contributed by atoms with E-state index in [-0.39, 0.29) is 17.7 Å². The molecule has 8 heteroatoms. The number of aromatic nitrogens is 1. The molecule has 1 saturated heterocycles. The molecule has 0 aliphatic carbocycles. The van der Waals surface area contributed by atoms with Gasteiger partial charge in [0.1, 0.15) is 13.2 Å². The Morgan fingerprint density at radius 2 is 1.83 bits per heavy atom. The van der Waals surface area contributed by atoms with E-state index in [2.05, 4.69) is 5.32 Å². The lowest BCUT2D eigenvalue weighted by molar-refractivity contribution is -0.126. The number of nitrogens with one attached hydrogen (secondary N) is 1. The van der Waals surface area contributed by atoms with Crippen LogP contribution < -0.4 is 14.8 Å². The van der Waals surface area contributed by atoms with Crippen molar-refractivity contribution in [2.45, 2.75) is 19.3 Å². The van der Waals surface area contributed by atoms with Crippen LogP contribution in [0.15, 0.2) is 48.5 Å². The maximum absolute atomic E-state index is 13.7. The standard InChI is InChI=1S/C28H31N3O5/c1-34-14-4-11-29-27(32)19-9-12-31(13-10-19)28(33)22-18-24(30-23-6-3-2-5-21(22)23)20-7-8-25-26(17-20)36-16-15-35-25/h2-3,5-8,17-19H,4,9-16H2,1H3,(H,29,32). The Bertz CT molecular complexity index is 1250. The number of carbonyl (C=O) groups is 2. The highest BCUT2D eigenvalue weighted by Crippen LogP contribution is 2.35. The molecule has 0 saturated carbocycles. The fourth-order valence-electron chi connectivity index (χ4n) is 4.79. The van der Waals surface area contributed by atoms with Crippen LogP contribution in [0, 0.1) is 5.92 Å². The molecule has 2 aromatic carbocycles. The van der Waals surface area contributed by atoms with E-state index in [0.29, 0.717) is 75.1 Å². The number of piperidine rings is 1. The van der Waals surface area contributed by atoms with E-state index in [1.165, 1.54) is 0 Å². The first kappa shape index (κ1) is 24.1. The molecule has 0 spiro atoms. The zero-order valence-corrected chi connectivity index (χ0v) is 20.5. The van der Waals surface area contributed by atoms with Crippen molar-refractivity contribution in [1.82, 2.24) is 15.2 Å². The van der Waals surface area contributed by atoms with E-state index in [0.717, 1.165) is 22.9 Å². The minimum Gasteiger partial charge on any atom is -0.486 e. The van der Waals surface area contributed by atoms with Gasteiger partial charge in [-0.2, -0.15) is 0 Å².